The molecule has 1 N–H and O–H groups in total. The van der Waals surface area contributed by atoms with E-state index in [9.17, 15) is 4.79 Å². The van der Waals surface area contributed by atoms with Crippen molar-refractivity contribution < 1.29 is 14.1 Å². The number of carbonyl (C=O) groups is 1. The maximum Gasteiger partial charge on any atom is 0.321 e. The van der Waals surface area contributed by atoms with Crippen LogP contribution in [0.1, 0.15) is 41.6 Å². The molecular weight excluding hydrogens is 320 g/mol. The minimum atomic E-state index is -0.0859. The van der Waals surface area contributed by atoms with Crippen LogP contribution in [0.5, 0.6) is 0 Å². The van der Waals surface area contributed by atoms with E-state index < -0.39 is 0 Å². The van der Waals surface area contributed by atoms with E-state index in [1.54, 1.807) is 7.11 Å². The van der Waals surface area contributed by atoms with E-state index in [-0.39, 0.29) is 11.9 Å². The standard InChI is InChI=1S/C18H24N4O3/c1-12-6-7-15(13(2)9-12)19-18(23)22-8-4-5-14(10-22)17-20-16(11-24-3)25-21-17/h6-7,9,14H,4-5,8,10-11H2,1-3H3,(H,19,23). The Morgan fingerprint density at radius 3 is 3.04 bits per heavy atom. The largest absolute Gasteiger partial charge is 0.375 e. The quantitative estimate of drug-likeness (QED) is 0.921. The minimum Gasteiger partial charge on any atom is -0.375 e. The van der Waals surface area contributed by atoms with Crippen LogP contribution < -0.4 is 5.32 Å². The molecule has 1 atom stereocenters. The highest BCUT2D eigenvalue weighted by Gasteiger charge is 2.28. The molecule has 1 unspecified atom stereocenters. The molecule has 134 valence electrons. The van der Waals surface area contributed by atoms with Crippen LogP contribution in [-0.4, -0.2) is 41.3 Å². The average molecular weight is 344 g/mol. The average Bonchev–Trinajstić information content (AvgIpc) is 3.06. The molecule has 3 rings (SSSR count). The van der Waals surface area contributed by atoms with Gasteiger partial charge in [0.25, 0.3) is 5.89 Å². The number of rotatable bonds is 4. The van der Waals surface area contributed by atoms with Gasteiger partial charge in [0, 0.05) is 31.8 Å². The van der Waals surface area contributed by atoms with Gasteiger partial charge >= 0.3 is 6.03 Å². The third-order valence-electron chi connectivity index (χ3n) is 4.45. The Kier molecular flexibility index (Phi) is 5.33. The van der Waals surface area contributed by atoms with Crippen molar-refractivity contribution in [1.29, 1.82) is 0 Å². The van der Waals surface area contributed by atoms with Crippen LogP contribution in [0.15, 0.2) is 22.7 Å². The molecule has 1 aromatic carbocycles. The van der Waals surface area contributed by atoms with E-state index >= 15 is 0 Å². The molecule has 1 aromatic heterocycles. The maximum absolute atomic E-state index is 12.6. The lowest BCUT2D eigenvalue weighted by Gasteiger charge is -2.31. The molecule has 0 aliphatic carbocycles. The number of ether oxygens (including phenoxy) is 1. The fourth-order valence-electron chi connectivity index (χ4n) is 3.14. The third-order valence-corrected chi connectivity index (χ3v) is 4.45. The number of aromatic nitrogens is 2. The molecular formula is C18H24N4O3. The second kappa shape index (κ2) is 7.65. The number of urea groups is 1. The fraction of sp³-hybridized carbons (Fsp3) is 0.500. The third kappa shape index (κ3) is 4.17. The van der Waals surface area contributed by atoms with Crippen molar-refractivity contribution in [2.75, 3.05) is 25.5 Å². The number of benzene rings is 1. The van der Waals surface area contributed by atoms with Gasteiger partial charge in [-0.05, 0) is 38.3 Å². The van der Waals surface area contributed by atoms with Gasteiger partial charge < -0.3 is 19.5 Å². The summed E-state index contributed by atoms with van der Waals surface area (Å²) < 4.78 is 10.2. The first-order valence-electron chi connectivity index (χ1n) is 8.51. The van der Waals surface area contributed by atoms with Crippen molar-refractivity contribution in [3.05, 3.63) is 41.0 Å². The minimum absolute atomic E-state index is 0.0859. The zero-order valence-corrected chi connectivity index (χ0v) is 14.9. The van der Waals surface area contributed by atoms with Crippen LogP contribution in [0, 0.1) is 13.8 Å². The number of nitrogens with one attached hydrogen (secondary N) is 1. The molecule has 2 heterocycles. The van der Waals surface area contributed by atoms with Crippen LogP contribution in [0.3, 0.4) is 0 Å². The van der Waals surface area contributed by atoms with Gasteiger partial charge in [0.2, 0.25) is 0 Å². The Morgan fingerprint density at radius 1 is 1.44 bits per heavy atom. The van der Waals surface area contributed by atoms with Gasteiger partial charge in [-0.2, -0.15) is 4.98 Å². The maximum atomic E-state index is 12.6. The summed E-state index contributed by atoms with van der Waals surface area (Å²) in [5.41, 5.74) is 3.08. The summed E-state index contributed by atoms with van der Waals surface area (Å²) in [7, 11) is 1.59. The highest BCUT2D eigenvalue weighted by Crippen LogP contribution is 2.26. The predicted octanol–water partition coefficient (Wildman–Crippen LogP) is 3.24. The molecule has 1 fully saturated rings. The van der Waals surface area contributed by atoms with E-state index in [4.69, 9.17) is 9.26 Å². The van der Waals surface area contributed by atoms with E-state index in [1.165, 1.54) is 5.56 Å². The second-order valence-corrected chi connectivity index (χ2v) is 6.51. The first kappa shape index (κ1) is 17.4. The molecule has 7 heteroatoms. The van der Waals surface area contributed by atoms with E-state index in [1.807, 2.05) is 30.9 Å². The zero-order valence-electron chi connectivity index (χ0n) is 14.9. The molecule has 25 heavy (non-hydrogen) atoms. The summed E-state index contributed by atoms with van der Waals surface area (Å²) in [6, 6.07) is 5.92. The summed E-state index contributed by atoms with van der Waals surface area (Å²) in [6.07, 6.45) is 1.86. The summed E-state index contributed by atoms with van der Waals surface area (Å²) in [4.78, 5) is 18.8. The van der Waals surface area contributed by atoms with Gasteiger partial charge in [-0.15, -0.1) is 0 Å². The molecule has 0 bridgehead atoms. The zero-order chi connectivity index (χ0) is 17.8. The summed E-state index contributed by atoms with van der Waals surface area (Å²) in [5.74, 6) is 1.21. The number of piperidine rings is 1. The predicted molar refractivity (Wildman–Crippen MR) is 93.5 cm³/mol. The molecule has 7 nitrogen and oxygen atoms in total. The van der Waals surface area contributed by atoms with Crippen molar-refractivity contribution in [2.45, 2.75) is 39.2 Å². The van der Waals surface area contributed by atoms with Crippen molar-refractivity contribution in [3.8, 4) is 0 Å². The summed E-state index contributed by atoms with van der Waals surface area (Å²) in [5, 5.41) is 7.04. The van der Waals surface area contributed by atoms with Crippen LogP contribution in [-0.2, 0) is 11.3 Å². The molecule has 1 saturated heterocycles. The van der Waals surface area contributed by atoms with Gasteiger partial charge in [0.15, 0.2) is 5.82 Å². The fourth-order valence-corrected chi connectivity index (χ4v) is 3.14. The number of likely N-dealkylation sites (tertiary alicyclic amines) is 1. The number of amides is 2. The molecule has 2 aromatic rings. The van der Waals surface area contributed by atoms with Gasteiger partial charge in [-0.3, -0.25) is 0 Å². The number of hydrogen-bond acceptors (Lipinski definition) is 5. The molecule has 0 spiro atoms. The van der Waals surface area contributed by atoms with Crippen LogP contribution in [0.4, 0.5) is 10.5 Å². The van der Waals surface area contributed by atoms with E-state index in [2.05, 4.69) is 21.5 Å². The smallest absolute Gasteiger partial charge is 0.321 e. The van der Waals surface area contributed by atoms with Gasteiger partial charge in [0.1, 0.15) is 6.61 Å². The van der Waals surface area contributed by atoms with Gasteiger partial charge in [-0.1, -0.05) is 22.9 Å². The second-order valence-electron chi connectivity index (χ2n) is 6.51. The van der Waals surface area contributed by atoms with Crippen molar-refractivity contribution >= 4 is 11.7 Å². The highest BCUT2D eigenvalue weighted by atomic mass is 16.5. The van der Waals surface area contributed by atoms with Gasteiger partial charge in [-0.25, -0.2) is 4.79 Å². The molecule has 1 aliphatic heterocycles. The Balaban J connectivity index is 1.64. The van der Waals surface area contributed by atoms with Crippen LogP contribution >= 0.6 is 0 Å². The van der Waals surface area contributed by atoms with Crippen molar-refractivity contribution in [1.82, 2.24) is 15.0 Å². The normalized spacial score (nSPS) is 17.6. The monoisotopic (exact) mass is 344 g/mol. The van der Waals surface area contributed by atoms with Gasteiger partial charge in [0.05, 0.1) is 0 Å². The number of nitrogens with zero attached hydrogens (tertiary/aromatic N) is 3. The van der Waals surface area contributed by atoms with Crippen molar-refractivity contribution in [3.63, 3.8) is 0 Å². The molecule has 1 aliphatic rings. The van der Waals surface area contributed by atoms with Crippen molar-refractivity contribution in [2.24, 2.45) is 0 Å². The Labute approximate surface area is 147 Å². The van der Waals surface area contributed by atoms with Crippen LogP contribution in [0.25, 0.3) is 0 Å². The lowest BCUT2D eigenvalue weighted by molar-refractivity contribution is 0.151. The number of aryl methyl sites for hydroxylation is 2. The summed E-state index contributed by atoms with van der Waals surface area (Å²) >= 11 is 0. The highest BCUT2D eigenvalue weighted by molar-refractivity contribution is 5.90. The lowest BCUT2D eigenvalue weighted by Crippen LogP contribution is -2.42. The number of methoxy groups -OCH3 is 1. The lowest BCUT2D eigenvalue weighted by atomic mass is 9.97. The first-order chi connectivity index (χ1) is 12.1. The van der Waals surface area contributed by atoms with E-state index in [0.717, 1.165) is 30.6 Å². The summed E-state index contributed by atoms with van der Waals surface area (Å²) in [6.45, 7) is 5.66. The number of hydrogen-bond donors (Lipinski definition) is 1. The topological polar surface area (TPSA) is 80.5 Å². The Morgan fingerprint density at radius 2 is 2.28 bits per heavy atom. The van der Waals surface area contributed by atoms with Crippen LogP contribution in [0.2, 0.25) is 0 Å². The molecule has 0 saturated carbocycles. The SMILES string of the molecule is COCc1nc(C2CCCN(C(=O)Nc3ccc(C)cc3C)C2)no1. The Bertz CT molecular complexity index is 744. The Hall–Kier alpha value is -2.41. The van der Waals surface area contributed by atoms with E-state index in [0.29, 0.717) is 24.9 Å². The molecule has 2 amide bonds. The first-order valence-corrected chi connectivity index (χ1v) is 8.51. The number of anilines is 1. The number of carbonyl (C=O) groups excluding carboxylic acids is 1. The molecule has 0 radical (unpaired) electrons.